The van der Waals surface area contributed by atoms with Gasteiger partial charge in [-0.1, -0.05) is 57.4 Å². The topological polar surface area (TPSA) is 20.2 Å². The number of unbranched alkanes of at least 4 members (excludes halogenated alkanes) is 4. The third-order valence-electron chi connectivity index (χ3n) is 2.22. The van der Waals surface area contributed by atoms with Crippen LogP contribution in [-0.2, 0) is 0 Å². The summed E-state index contributed by atoms with van der Waals surface area (Å²) in [5, 5.41) is 9.21. The molecule has 0 saturated carbocycles. The number of aliphatic hydroxyl groups is 1. The summed E-state index contributed by atoms with van der Waals surface area (Å²) in [6.07, 6.45) is 14.9. The maximum absolute atomic E-state index is 9.21. The molecule has 0 heterocycles. The van der Waals surface area contributed by atoms with Crippen LogP contribution >= 0.6 is 0 Å². The Morgan fingerprint density at radius 2 is 1.86 bits per heavy atom. The van der Waals surface area contributed by atoms with Gasteiger partial charge in [0.25, 0.3) is 0 Å². The van der Waals surface area contributed by atoms with E-state index in [-0.39, 0.29) is 6.10 Å². The van der Waals surface area contributed by atoms with Crippen molar-refractivity contribution in [1.29, 1.82) is 0 Å². The fourth-order valence-electron chi connectivity index (χ4n) is 1.19. The van der Waals surface area contributed by atoms with Gasteiger partial charge in [0.15, 0.2) is 0 Å². The zero-order valence-electron chi connectivity index (χ0n) is 9.58. The highest BCUT2D eigenvalue weighted by atomic mass is 16.3. The molecule has 0 aromatic carbocycles. The zero-order chi connectivity index (χ0) is 10.6. The van der Waals surface area contributed by atoms with Crippen molar-refractivity contribution in [3.05, 3.63) is 24.3 Å². The first kappa shape index (κ1) is 13.4. The largest absolute Gasteiger partial charge is 0.389 e. The molecule has 1 nitrogen and oxygen atoms in total. The Hall–Kier alpha value is -0.560. The third kappa shape index (κ3) is 9.53. The predicted octanol–water partition coefficient (Wildman–Crippen LogP) is 3.84. The number of hydrogen-bond donors (Lipinski definition) is 1. The van der Waals surface area contributed by atoms with E-state index in [9.17, 15) is 5.11 Å². The molecule has 0 spiro atoms. The lowest BCUT2D eigenvalue weighted by atomic mass is 10.1. The lowest BCUT2D eigenvalue weighted by Crippen LogP contribution is -1.97. The van der Waals surface area contributed by atoms with Gasteiger partial charge in [0, 0.05) is 0 Å². The Balaban J connectivity index is 3.31. The van der Waals surface area contributed by atoms with E-state index < -0.39 is 0 Å². The number of aliphatic hydroxyl groups excluding tert-OH is 1. The molecule has 0 amide bonds. The lowest BCUT2D eigenvalue weighted by Gasteiger charge is -1.96. The van der Waals surface area contributed by atoms with Crippen LogP contribution in [0.3, 0.4) is 0 Å². The van der Waals surface area contributed by atoms with Gasteiger partial charge in [-0.25, -0.2) is 0 Å². The first-order chi connectivity index (χ1) is 6.81. The summed E-state index contributed by atoms with van der Waals surface area (Å²) in [7, 11) is 0. The Labute approximate surface area is 88.5 Å². The molecular formula is C13H24O. The molecule has 1 unspecified atom stereocenters. The molecule has 14 heavy (non-hydrogen) atoms. The van der Waals surface area contributed by atoms with Gasteiger partial charge in [-0.05, 0) is 19.3 Å². The van der Waals surface area contributed by atoms with E-state index in [0.717, 1.165) is 12.8 Å². The van der Waals surface area contributed by atoms with Crippen molar-refractivity contribution in [1.82, 2.24) is 0 Å². The van der Waals surface area contributed by atoms with Crippen LogP contribution in [-0.4, -0.2) is 11.2 Å². The van der Waals surface area contributed by atoms with Crippen LogP contribution in [0.2, 0.25) is 0 Å². The fourth-order valence-corrected chi connectivity index (χ4v) is 1.19. The van der Waals surface area contributed by atoms with E-state index in [1.54, 1.807) is 0 Å². The molecule has 0 aliphatic carbocycles. The first-order valence-corrected chi connectivity index (χ1v) is 5.82. The van der Waals surface area contributed by atoms with Crippen molar-refractivity contribution in [2.45, 2.75) is 58.5 Å². The van der Waals surface area contributed by atoms with E-state index >= 15 is 0 Å². The summed E-state index contributed by atoms with van der Waals surface area (Å²) in [5.41, 5.74) is 0. The monoisotopic (exact) mass is 196 g/mol. The molecule has 1 heteroatoms. The molecule has 0 aromatic heterocycles. The Bertz CT molecular complexity index is 159. The van der Waals surface area contributed by atoms with Gasteiger partial charge in [-0.2, -0.15) is 0 Å². The van der Waals surface area contributed by atoms with Gasteiger partial charge < -0.3 is 5.11 Å². The standard InChI is InChI=1S/C13H24O/c1-3-5-6-7-8-9-10-11-12-13(14)4-2/h9-14H,3-8H2,1-2H3/b10-9+,12-11+. The van der Waals surface area contributed by atoms with Crippen molar-refractivity contribution in [3.63, 3.8) is 0 Å². The lowest BCUT2D eigenvalue weighted by molar-refractivity contribution is 0.219. The molecule has 0 aromatic rings. The molecule has 1 N–H and O–H groups in total. The molecule has 0 aliphatic rings. The molecule has 82 valence electrons. The van der Waals surface area contributed by atoms with Gasteiger partial charge in [0.2, 0.25) is 0 Å². The Morgan fingerprint density at radius 1 is 1.07 bits per heavy atom. The second-order valence-corrected chi connectivity index (χ2v) is 3.64. The Morgan fingerprint density at radius 3 is 2.50 bits per heavy atom. The highest BCUT2D eigenvalue weighted by Crippen LogP contribution is 2.02. The molecular weight excluding hydrogens is 172 g/mol. The Kier molecular flexibility index (Phi) is 10.1. The van der Waals surface area contributed by atoms with E-state index in [2.05, 4.69) is 13.0 Å². The zero-order valence-corrected chi connectivity index (χ0v) is 9.58. The quantitative estimate of drug-likeness (QED) is 0.462. The van der Waals surface area contributed by atoms with Crippen molar-refractivity contribution < 1.29 is 5.11 Å². The van der Waals surface area contributed by atoms with Crippen LogP contribution in [0.5, 0.6) is 0 Å². The first-order valence-electron chi connectivity index (χ1n) is 5.82. The third-order valence-corrected chi connectivity index (χ3v) is 2.22. The molecule has 0 fully saturated rings. The van der Waals surface area contributed by atoms with Crippen LogP contribution < -0.4 is 0 Å². The van der Waals surface area contributed by atoms with E-state index in [1.165, 1.54) is 25.7 Å². The number of rotatable bonds is 8. The van der Waals surface area contributed by atoms with Crippen LogP contribution in [0, 0.1) is 0 Å². The van der Waals surface area contributed by atoms with Crippen molar-refractivity contribution in [2.24, 2.45) is 0 Å². The summed E-state index contributed by atoms with van der Waals surface area (Å²) in [6.45, 7) is 4.20. The predicted molar refractivity (Wildman–Crippen MR) is 63.3 cm³/mol. The summed E-state index contributed by atoms with van der Waals surface area (Å²) >= 11 is 0. The second-order valence-electron chi connectivity index (χ2n) is 3.64. The van der Waals surface area contributed by atoms with Crippen LogP contribution in [0.15, 0.2) is 24.3 Å². The van der Waals surface area contributed by atoms with Gasteiger partial charge in [-0.3, -0.25) is 0 Å². The van der Waals surface area contributed by atoms with Gasteiger partial charge >= 0.3 is 0 Å². The molecule has 0 aliphatic heterocycles. The smallest absolute Gasteiger partial charge is 0.0721 e. The van der Waals surface area contributed by atoms with Gasteiger partial charge in [-0.15, -0.1) is 0 Å². The van der Waals surface area contributed by atoms with Crippen LogP contribution in [0.25, 0.3) is 0 Å². The summed E-state index contributed by atoms with van der Waals surface area (Å²) in [6, 6.07) is 0. The van der Waals surface area contributed by atoms with Gasteiger partial charge in [0.1, 0.15) is 0 Å². The highest BCUT2D eigenvalue weighted by molar-refractivity contribution is 5.04. The normalized spacial score (nSPS) is 14.2. The summed E-state index contributed by atoms with van der Waals surface area (Å²) in [5.74, 6) is 0. The maximum Gasteiger partial charge on any atom is 0.0721 e. The van der Waals surface area contributed by atoms with Crippen molar-refractivity contribution in [3.8, 4) is 0 Å². The maximum atomic E-state index is 9.21. The minimum absolute atomic E-state index is 0.278. The molecule has 0 bridgehead atoms. The SMILES string of the molecule is CCCCCC/C=C/C=C/C(O)CC. The fraction of sp³-hybridized carbons (Fsp3) is 0.692. The minimum atomic E-state index is -0.278. The number of allylic oxidation sites excluding steroid dienone is 3. The summed E-state index contributed by atoms with van der Waals surface area (Å²) < 4.78 is 0. The van der Waals surface area contributed by atoms with Crippen molar-refractivity contribution >= 4 is 0 Å². The second kappa shape index (κ2) is 10.5. The molecule has 0 saturated heterocycles. The van der Waals surface area contributed by atoms with E-state index in [1.807, 2.05) is 25.2 Å². The molecule has 0 rings (SSSR count). The highest BCUT2D eigenvalue weighted by Gasteiger charge is 1.89. The number of hydrogen-bond acceptors (Lipinski definition) is 1. The van der Waals surface area contributed by atoms with Crippen LogP contribution in [0.1, 0.15) is 52.4 Å². The minimum Gasteiger partial charge on any atom is -0.389 e. The summed E-state index contributed by atoms with van der Waals surface area (Å²) in [4.78, 5) is 0. The average Bonchev–Trinajstić information content (AvgIpc) is 2.21. The average molecular weight is 196 g/mol. The van der Waals surface area contributed by atoms with Crippen molar-refractivity contribution in [2.75, 3.05) is 0 Å². The van der Waals surface area contributed by atoms with Gasteiger partial charge in [0.05, 0.1) is 6.10 Å². The van der Waals surface area contributed by atoms with E-state index in [4.69, 9.17) is 0 Å². The van der Waals surface area contributed by atoms with E-state index in [0.29, 0.717) is 0 Å². The van der Waals surface area contributed by atoms with Crippen LogP contribution in [0.4, 0.5) is 0 Å². The molecule has 0 radical (unpaired) electrons. The molecule has 1 atom stereocenters.